The van der Waals surface area contributed by atoms with Crippen LogP contribution in [0.4, 0.5) is 0 Å². The van der Waals surface area contributed by atoms with E-state index in [1.54, 1.807) is 12.5 Å². The first kappa shape index (κ1) is 25.0. The van der Waals surface area contributed by atoms with E-state index in [-0.39, 0.29) is 16.9 Å². The van der Waals surface area contributed by atoms with E-state index in [0.717, 1.165) is 32.1 Å². The van der Waals surface area contributed by atoms with Gasteiger partial charge in [-0.3, -0.25) is 0 Å². The molecule has 0 aromatic heterocycles. The number of rotatable bonds is 5. The summed E-state index contributed by atoms with van der Waals surface area (Å²) in [6, 6.07) is 0. The van der Waals surface area contributed by atoms with Crippen molar-refractivity contribution in [3.8, 4) is 0 Å². The van der Waals surface area contributed by atoms with Crippen molar-refractivity contribution in [2.24, 2.45) is 45.3 Å². The minimum Gasteiger partial charge on any atom is -0.478 e. The van der Waals surface area contributed by atoms with Gasteiger partial charge in [0.2, 0.25) is 0 Å². The van der Waals surface area contributed by atoms with Gasteiger partial charge in [-0.15, -0.1) is 0 Å². The van der Waals surface area contributed by atoms with E-state index in [1.165, 1.54) is 25.7 Å². The second-order valence-electron chi connectivity index (χ2n) is 13.6. The zero-order valence-corrected chi connectivity index (χ0v) is 22.2. The van der Waals surface area contributed by atoms with Crippen molar-refractivity contribution in [2.45, 2.75) is 112 Å². The van der Waals surface area contributed by atoms with Crippen LogP contribution >= 0.6 is 0 Å². The summed E-state index contributed by atoms with van der Waals surface area (Å²) in [4.78, 5) is 11.1. The number of hydrogen-bond acceptors (Lipinski definition) is 2. The molecular weight excluding hydrogens is 408 g/mol. The molecule has 33 heavy (non-hydrogen) atoms. The molecule has 0 aliphatic heterocycles. The van der Waals surface area contributed by atoms with Crippen molar-refractivity contribution in [1.82, 2.24) is 0 Å². The van der Waals surface area contributed by atoms with Crippen molar-refractivity contribution in [3.63, 3.8) is 0 Å². The Labute approximate surface area is 202 Å². The van der Waals surface area contributed by atoms with Crippen LogP contribution in [0.25, 0.3) is 0 Å². The Morgan fingerprint density at radius 1 is 1.12 bits per heavy atom. The zero-order valence-electron chi connectivity index (χ0n) is 22.2. The maximum Gasteiger partial charge on any atom is 0.330 e. The molecule has 0 aromatic carbocycles. The van der Waals surface area contributed by atoms with Crippen LogP contribution in [-0.2, 0) is 4.79 Å². The van der Waals surface area contributed by atoms with E-state index in [4.69, 9.17) is 5.11 Å². The Morgan fingerprint density at radius 2 is 1.82 bits per heavy atom. The number of carbonyl (C=O) groups is 1. The van der Waals surface area contributed by atoms with Crippen LogP contribution in [0.5, 0.6) is 0 Å². The largest absolute Gasteiger partial charge is 0.478 e. The molecule has 3 unspecified atom stereocenters. The molecule has 3 heteroatoms. The highest BCUT2D eigenvalue weighted by Crippen LogP contribution is 2.73. The number of aliphatic hydroxyl groups is 1. The highest BCUT2D eigenvalue weighted by atomic mass is 16.4. The van der Waals surface area contributed by atoms with Crippen LogP contribution < -0.4 is 0 Å². The first-order chi connectivity index (χ1) is 15.3. The van der Waals surface area contributed by atoms with Gasteiger partial charge in [0.15, 0.2) is 0 Å². The minimum atomic E-state index is -0.796. The average molecular weight is 457 g/mol. The van der Waals surface area contributed by atoms with Crippen molar-refractivity contribution >= 4 is 5.97 Å². The number of fused-ring (bicyclic) bond motifs is 5. The molecule has 0 bridgehead atoms. The van der Waals surface area contributed by atoms with E-state index in [1.807, 2.05) is 6.08 Å². The second-order valence-corrected chi connectivity index (χ2v) is 13.6. The minimum absolute atomic E-state index is 0.00892. The van der Waals surface area contributed by atoms with E-state index in [0.29, 0.717) is 40.1 Å². The summed E-state index contributed by atoms with van der Waals surface area (Å²) in [5.41, 5.74) is 3.13. The van der Waals surface area contributed by atoms with Crippen molar-refractivity contribution < 1.29 is 15.0 Å². The Balaban J connectivity index is 1.58. The molecule has 3 saturated carbocycles. The maximum atomic E-state index is 11.1. The summed E-state index contributed by atoms with van der Waals surface area (Å²) >= 11 is 0. The lowest BCUT2D eigenvalue weighted by Gasteiger charge is -2.64. The first-order valence-electron chi connectivity index (χ1n) is 13.6. The van der Waals surface area contributed by atoms with Crippen LogP contribution in [0.2, 0.25) is 0 Å². The SMILES string of the molecule is C/C(=C/CC[C@@H](C)C1CC[C@]2(C)C3=CCC4C(C)(C)[C@H](O)CC[C@]4(C)C3CC[C@@]12C)C(=O)O. The topological polar surface area (TPSA) is 57.5 Å². The monoisotopic (exact) mass is 456 g/mol. The normalized spacial score (nSPS) is 45.5. The van der Waals surface area contributed by atoms with Gasteiger partial charge in [-0.25, -0.2) is 4.79 Å². The predicted molar refractivity (Wildman–Crippen MR) is 135 cm³/mol. The fourth-order valence-electron chi connectivity index (χ4n) is 9.50. The summed E-state index contributed by atoms with van der Waals surface area (Å²) in [7, 11) is 0. The Bertz CT molecular complexity index is 853. The van der Waals surface area contributed by atoms with Gasteiger partial charge in [-0.1, -0.05) is 59.3 Å². The molecule has 0 saturated heterocycles. The van der Waals surface area contributed by atoms with Gasteiger partial charge in [-0.05, 0) is 110 Å². The summed E-state index contributed by atoms with van der Waals surface area (Å²) in [6.07, 6.45) is 14.7. The molecule has 0 radical (unpaired) electrons. The molecule has 0 aromatic rings. The second kappa shape index (κ2) is 8.25. The van der Waals surface area contributed by atoms with Gasteiger partial charge in [0.25, 0.3) is 0 Å². The molecule has 8 atom stereocenters. The number of carboxylic acid groups (broad SMARTS) is 1. The van der Waals surface area contributed by atoms with Crippen LogP contribution in [0.3, 0.4) is 0 Å². The number of allylic oxidation sites excluding steroid dienone is 3. The lowest BCUT2D eigenvalue weighted by atomic mass is 9.41. The maximum absolute atomic E-state index is 11.1. The van der Waals surface area contributed by atoms with Crippen molar-refractivity contribution in [3.05, 3.63) is 23.3 Å². The Kier molecular flexibility index (Phi) is 6.25. The quantitative estimate of drug-likeness (QED) is 0.335. The van der Waals surface area contributed by atoms with Gasteiger partial charge < -0.3 is 10.2 Å². The predicted octanol–water partition coefficient (Wildman–Crippen LogP) is 7.40. The number of aliphatic carboxylic acids is 1. The number of carboxylic acids is 1. The average Bonchev–Trinajstić information content (AvgIpc) is 3.02. The van der Waals surface area contributed by atoms with Crippen LogP contribution in [0, 0.1) is 45.3 Å². The molecule has 0 spiro atoms. The third kappa shape index (κ3) is 3.58. The van der Waals surface area contributed by atoms with Gasteiger partial charge in [0, 0.05) is 5.57 Å². The van der Waals surface area contributed by atoms with E-state index in [2.05, 4.69) is 47.6 Å². The van der Waals surface area contributed by atoms with E-state index in [9.17, 15) is 9.90 Å². The van der Waals surface area contributed by atoms with Gasteiger partial charge >= 0.3 is 5.97 Å². The molecule has 4 aliphatic rings. The molecule has 3 fully saturated rings. The highest BCUT2D eigenvalue weighted by molar-refractivity contribution is 5.85. The van der Waals surface area contributed by atoms with Crippen LogP contribution in [0.15, 0.2) is 23.3 Å². The van der Waals surface area contributed by atoms with Crippen molar-refractivity contribution in [1.29, 1.82) is 0 Å². The lowest BCUT2D eigenvalue weighted by molar-refractivity contribution is -0.132. The Hall–Kier alpha value is -1.09. The lowest BCUT2D eigenvalue weighted by Crippen LogP contribution is -2.58. The van der Waals surface area contributed by atoms with Crippen LogP contribution in [0.1, 0.15) is 106 Å². The smallest absolute Gasteiger partial charge is 0.330 e. The molecule has 0 amide bonds. The summed E-state index contributed by atoms with van der Waals surface area (Å²) in [5.74, 6) is 1.75. The first-order valence-corrected chi connectivity index (χ1v) is 13.6. The Morgan fingerprint density at radius 3 is 2.48 bits per heavy atom. The summed E-state index contributed by atoms with van der Waals surface area (Å²) in [5, 5.41) is 20.0. The van der Waals surface area contributed by atoms with E-state index >= 15 is 0 Å². The molecule has 3 nitrogen and oxygen atoms in total. The highest BCUT2D eigenvalue weighted by Gasteiger charge is 2.65. The van der Waals surface area contributed by atoms with Gasteiger partial charge in [0.1, 0.15) is 0 Å². The van der Waals surface area contributed by atoms with E-state index < -0.39 is 5.97 Å². The fraction of sp³-hybridized carbons (Fsp3) is 0.833. The number of hydrogen-bond donors (Lipinski definition) is 2. The standard InChI is InChI=1S/C30H48O3/c1-19(9-8-10-20(2)26(32)33)21-13-17-30(7)23-11-12-24-27(3,4)25(31)15-16-28(24,5)22(23)14-18-29(21,30)6/h10-11,19,21-22,24-25,31H,8-9,12-18H2,1-7H3,(H,32,33)/b20-10-/t19-,21?,22?,24?,25-,28-,29+,30-/m1/s1. The molecule has 4 aliphatic carbocycles. The summed E-state index contributed by atoms with van der Waals surface area (Å²) in [6.45, 7) is 16.5. The molecule has 4 rings (SSSR count). The third-order valence-corrected chi connectivity index (χ3v) is 12.0. The van der Waals surface area contributed by atoms with Gasteiger partial charge in [0.05, 0.1) is 6.10 Å². The molecule has 186 valence electrons. The fourth-order valence-corrected chi connectivity index (χ4v) is 9.50. The zero-order chi connectivity index (χ0) is 24.4. The molecule has 0 heterocycles. The summed E-state index contributed by atoms with van der Waals surface area (Å²) < 4.78 is 0. The molecule has 2 N–H and O–H groups in total. The third-order valence-electron chi connectivity index (χ3n) is 12.0. The van der Waals surface area contributed by atoms with Crippen molar-refractivity contribution in [2.75, 3.05) is 0 Å². The van der Waals surface area contributed by atoms with Gasteiger partial charge in [-0.2, -0.15) is 0 Å². The van der Waals surface area contributed by atoms with Crippen LogP contribution in [-0.4, -0.2) is 22.3 Å². The number of aliphatic hydroxyl groups excluding tert-OH is 1. The molecular formula is C30H48O3.